The van der Waals surface area contributed by atoms with Gasteiger partial charge in [-0.05, 0) is 11.4 Å². The van der Waals surface area contributed by atoms with Crippen LogP contribution < -0.4 is 0 Å². The number of carbonyl (C=O) groups excluding carboxylic acids is 1. The molecule has 5 heteroatoms. The Morgan fingerprint density at radius 2 is 2.47 bits per heavy atom. The molecule has 2 heterocycles. The molecule has 2 aromatic rings. The molecule has 15 heavy (non-hydrogen) atoms. The third-order valence-electron chi connectivity index (χ3n) is 2.07. The zero-order valence-corrected chi connectivity index (χ0v) is 9.68. The van der Waals surface area contributed by atoms with Gasteiger partial charge in [-0.3, -0.25) is 9.48 Å². The molecule has 2 rings (SSSR count). The molecule has 0 unspecified atom stereocenters. The number of hydrogen-bond acceptors (Lipinski definition) is 3. The van der Waals surface area contributed by atoms with Crippen LogP contribution in [0.5, 0.6) is 0 Å². The van der Waals surface area contributed by atoms with Gasteiger partial charge in [-0.2, -0.15) is 5.10 Å². The van der Waals surface area contributed by atoms with E-state index in [2.05, 4.69) is 5.10 Å². The fourth-order valence-corrected chi connectivity index (χ4v) is 2.35. The number of nitrogens with zero attached hydrogens (tertiary/aromatic N) is 2. The summed E-state index contributed by atoms with van der Waals surface area (Å²) in [4.78, 5) is 12.9. The lowest BCUT2D eigenvalue weighted by molar-refractivity contribution is 0.0985. The summed E-state index contributed by atoms with van der Waals surface area (Å²) in [7, 11) is 1.72. The van der Waals surface area contributed by atoms with Crippen LogP contribution in [0, 0.1) is 0 Å². The van der Waals surface area contributed by atoms with Crippen molar-refractivity contribution in [2.45, 2.75) is 6.42 Å². The molecule has 0 radical (unpaired) electrons. The predicted molar refractivity (Wildman–Crippen MR) is 60.6 cm³/mol. The van der Waals surface area contributed by atoms with Gasteiger partial charge in [0.25, 0.3) is 0 Å². The Labute approximate surface area is 96.3 Å². The molecule has 0 aromatic carbocycles. The van der Waals surface area contributed by atoms with Crippen LogP contribution in [0.15, 0.2) is 23.7 Å². The van der Waals surface area contributed by atoms with Gasteiger partial charge in [-0.1, -0.05) is 17.7 Å². The maximum absolute atomic E-state index is 11.9. The standard InChI is InChI=1S/C10H9ClN2OS/c1-13-10(8(11)6-12-13)9(14)5-7-3-2-4-15-7/h2-4,6H,5H2,1H3. The number of aryl methyl sites for hydroxylation is 1. The molecule has 0 bridgehead atoms. The van der Waals surface area contributed by atoms with Gasteiger partial charge < -0.3 is 0 Å². The Morgan fingerprint density at radius 3 is 3.00 bits per heavy atom. The molecule has 0 spiro atoms. The fourth-order valence-electron chi connectivity index (χ4n) is 1.38. The summed E-state index contributed by atoms with van der Waals surface area (Å²) in [6.45, 7) is 0. The molecule has 78 valence electrons. The first-order chi connectivity index (χ1) is 7.18. The smallest absolute Gasteiger partial charge is 0.187 e. The van der Waals surface area contributed by atoms with E-state index in [1.54, 1.807) is 18.4 Å². The van der Waals surface area contributed by atoms with E-state index in [1.807, 2.05) is 17.5 Å². The lowest BCUT2D eigenvalue weighted by Crippen LogP contribution is -2.09. The van der Waals surface area contributed by atoms with Crippen molar-refractivity contribution >= 4 is 28.7 Å². The average Bonchev–Trinajstić information content (AvgIpc) is 2.77. The van der Waals surface area contributed by atoms with E-state index in [0.29, 0.717) is 17.1 Å². The lowest BCUT2D eigenvalue weighted by atomic mass is 10.2. The first-order valence-electron chi connectivity index (χ1n) is 4.41. The Hall–Kier alpha value is -1.13. The van der Waals surface area contributed by atoms with E-state index in [4.69, 9.17) is 11.6 Å². The van der Waals surface area contributed by atoms with Crippen LogP contribution in [0.2, 0.25) is 5.02 Å². The van der Waals surface area contributed by atoms with Crippen LogP contribution in [0.1, 0.15) is 15.4 Å². The molecule has 0 atom stereocenters. The van der Waals surface area contributed by atoms with Gasteiger partial charge >= 0.3 is 0 Å². The lowest BCUT2D eigenvalue weighted by Gasteiger charge is -2.00. The highest BCUT2D eigenvalue weighted by Crippen LogP contribution is 2.18. The maximum atomic E-state index is 11.9. The molecular weight excluding hydrogens is 232 g/mol. The van der Waals surface area contributed by atoms with Crippen molar-refractivity contribution in [1.29, 1.82) is 0 Å². The highest BCUT2D eigenvalue weighted by molar-refractivity contribution is 7.10. The third kappa shape index (κ3) is 2.11. The average molecular weight is 241 g/mol. The Bertz CT molecular complexity index is 456. The SMILES string of the molecule is Cn1ncc(Cl)c1C(=O)Cc1cccs1. The van der Waals surface area contributed by atoms with Crippen LogP contribution in [0.3, 0.4) is 0 Å². The number of aromatic nitrogens is 2. The first-order valence-corrected chi connectivity index (χ1v) is 5.67. The van der Waals surface area contributed by atoms with Crippen molar-refractivity contribution in [2.75, 3.05) is 0 Å². The van der Waals surface area contributed by atoms with E-state index in [1.165, 1.54) is 10.9 Å². The second-order valence-electron chi connectivity index (χ2n) is 3.14. The van der Waals surface area contributed by atoms with Crippen molar-refractivity contribution in [3.8, 4) is 0 Å². The molecule has 2 aromatic heterocycles. The number of Topliss-reactive ketones (excluding diaryl/α,β-unsaturated/α-hetero) is 1. The topological polar surface area (TPSA) is 34.9 Å². The molecule has 0 aliphatic carbocycles. The molecule has 0 aliphatic rings. The van der Waals surface area contributed by atoms with Crippen molar-refractivity contribution in [2.24, 2.45) is 7.05 Å². The van der Waals surface area contributed by atoms with E-state index < -0.39 is 0 Å². The summed E-state index contributed by atoms with van der Waals surface area (Å²) in [5.74, 6) is 0.00227. The molecule has 0 saturated heterocycles. The minimum absolute atomic E-state index is 0.00227. The molecular formula is C10H9ClN2OS. The number of thiophene rings is 1. The highest BCUT2D eigenvalue weighted by atomic mass is 35.5. The molecule has 0 saturated carbocycles. The fraction of sp³-hybridized carbons (Fsp3) is 0.200. The summed E-state index contributed by atoms with van der Waals surface area (Å²) >= 11 is 7.45. The summed E-state index contributed by atoms with van der Waals surface area (Å²) < 4.78 is 1.51. The van der Waals surface area contributed by atoms with Crippen LogP contribution in [0.4, 0.5) is 0 Å². The minimum Gasteiger partial charge on any atom is -0.292 e. The van der Waals surface area contributed by atoms with Crippen LogP contribution in [-0.4, -0.2) is 15.6 Å². The molecule has 0 amide bonds. The van der Waals surface area contributed by atoms with Gasteiger partial charge in [0.05, 0.1) is 11.2 Å². The summed E-state index contributed by atoms with van der Waals surface area (Å²) in [5, 5.41) is 6.30. The zero-order valence-electron chi connectivity index (χ0n) is 8.11. The van der Waals surface area contributed by atoms with Gasteiger partial charge in [-0.15, -0.1) is 11.3 Å². The number of ketones is 1. The van der Waals surface area contributed by atoms with Crippen LogP contribution in [-0.2, 0) is 13.5 Å². The summed E-state index contributed by atoms with van der Waals surface area (Å²) in [5.41, 5.74) is 0.477. The highest BCUT2D eigenvalue weighted by Gasteiger charge is 2.16. The van der Waals surface area contributed by atoms with Crippen LogP contribution >= 0.6 is 22.9 Å². The zero-order chi connectivity index (χ0) is 10.8. The largest absolute Gasteiger partial charge is 0.292 e. The number of carbonyl (C=O) groups is 1. The van der Waals surface area contributed by atoms with Gasteiger partial charge in [0.2, 0.25) is 0 Å². The number of rotatable bonds is 3. The first kappa shape index (κ1) is 10.4. The maximum Gasteiger partial charge on any atom is 0.187 e. The monoisotopic (exact) mass is 240 g/mol. The van der Waals surface area contributed by atoms with Crippen molar-refractivity contribution in [1.82, 2.24) is 9.78 Å². The second kappa shape index (κ2) is 4.16. The van der Waals surface area contributed by atoms with Crippen molar-refractivity contribution in [3.05, 3.63) is 39.3 Å². The third-order valence-corrected chi connectivity index (χ3v) is 3.23. The quantitative estimate of drug-likeness (QED) is 0.773. The van der Waals surface area contributed by atoms with Gasteiger partial charge in [-0.25, -0.2) is 0 Å². The molecule has 3 nitrogen and oxygen atoms in total. The summed E-state index contributed by atoms with van der Waals surface area (Å²) in [6.07, 6.45) is 1.88. The number of hydrogen-bond donors (Lipinski definition) is 0. The van der Waals surface area contributed by atoms with E-state index in [9.17, 15) is 4.79 Å². The minimum atomic E-state index is 0.00227. The Balaban J connectivity index is 2.22. The number of halogens is 1. The summed E-state index contributed by atoms with van der Waals surface area (Å²) in [6, 6.07) is 3.87. The molecule has 0 N–H and O–H groups in total. The second-order valence-corrected chi connectivity index (χ2v) is 4.58. The predicted octanol–water partition coefficient (Wildman–Crippen LogP) is 2.56. The Kier molecular flexibility index (Phi) is 2.88. The van der Waals surface area contributed by atoms with Crippen molar-refractivity contribution in [3.63, 3.8) is 0 Å². The normalized spacial score (nSPS) is 10.5. The molecule has 0 fully saturated rings. The van der Waals surface area contributed by atoms with Crippen LogP contribution in [0.25, 0.3) is 0 Å². The van der Waals surface area contributed by atoms with Gasteiger partial charge in [0.1, 0.15) is 5.69 Å². The van der Waals surface area contributed by atoms with Gasteiger partial charge in [0, 0.05) is 18.3 Å². The van der Waals surface area contributed by atoms with E-state index >= 15 is 0 Å². The molecule has 0 aliphatic heterocycles. The van der Waals surface area contributed by atoms with E-state index in [0.717, 1.165) is 4.88 Å². The van der Waals surface area contributed by atoms with Gasteiger partial charge in [0.15, 0.2) is 5.78 Å². The Morgan fingerprint density at radius 1 is 1.67 bits per heavy atom. The van der Waals surface area contributed by atoms with Crippen molar-refractivity contribution < 1.29 is 4.79 Å². The van der Waals surface area contributed by atoms with E-state index in [-0.39, 0.29) is 5.78 Å².